The Hall–Kier alpha value is -2.00. The number of rotatable bonds is 6. The van der Waals surface area contributed by atoms with Gasteiger partial charge in [-0.25, -0.2) is 15.8 Å². The molecule has 0 saturated heterocycles. The molecule has 1 heterocycles. The van der Waals surface area contributed by atoms with Gasteiger partial charge in [-0.15, -0.1) is 0 Å². The molecule has 0 aliphatic rings. The average molecular weight is 256 g/mol. The molecular formula is C9H16N6O3. The molecular weight excluding hydrogens is 240 g/mol. The van der Waals surface area contributed by atoms with Crippen molar-refractivity contribution >= 4 is 17.3 Å². The van der Waals surface area contributed by atoms with Gasteiger partial charge in [0.1, 0.15) is 6.33 Å². The van der Waals surface area contributed by atoms with Crippen molar-refractivity contribution in [3.05, 3.63) is 16.4 Å². The van der Waals surface area contributed by atoms with Gasteiger partial charge in [0.05, 0.1) is 17.6 Å². The maximum Gasteiger partial charge on any atom is 0.354 e. The summed E-state index contributed by atoms with van der Waals surface area (Å²) < 4.78 is 0. The van der Waals surface area contributed by atoms with Gasteiger partial charge in [-0.1, -0.05) is 13.8 Å². The molecule has 1 aromatic rings. The molecule has 0 radical (unpaired) electrons. The van der Waals surface area contributed by atoms with E-state index >= 15 is 0 Å². The number of hydrogen-bond donors (Lipinski definition) is 4. The summed E-state index contributed by atoms with van der Waals surface area (Å²) >= 11 is 0. The van der Waals surface area contributed by atoms with Gasteiger partial charge >= 0.3 is 5.69 Å². The van der Waals surface area contributed by atoms with E-state index in [-0.39, 0.29) is 35.9 Å². The minimum atomic E-state index is -0.633. The van der Waals surface area contributed by atoms with E-state index in [2.05, 4.69) is 20.7 Å². The van der Waals surface area contributed by atoms with Crippen molar-refractivity contribution in [1.29, 1.82) is 0 Å². The largest absolute Gasteiger partial charge is 0.394 e. The van der Waals surface area contributed by atoms with Crippen molar-refractivity contribution in [2.45, 2.75) is 19.9 Å². The van der Waals surface area contributed by atoms with Crippen LogP contribution in [0.15, 0.2) is 6.33 Å². The van der Waals surface area contributed by atoms with Gasteiger partial charge in [-0.2, -0.15) is 0 Å². The molecule has 1 rings (SSSR count). The number of nitrogen functional groups attached to an aromatic ring is 1. The lowest BCUT2D eigenvalue weighted by molar-refractivity contribution is -0.383. The first-order valence-corrected chi connectivity index (χ1v) is 5.34. The Labute approximate surface area is 104 Å². The van der Waals surface area contributed by atoms with E-state index in [1.807, 2.05) is 13.8 Å². The molecule has 0 saturated carbocycles. The van der Waals surface area contributed by atoms with E-state index < -0.39 is 4.92 Å². The summed E-state index contributed by atoms with van der Waals surface area (Å²) in [5, 5.41) is 23.0. The molecule has 0 aliphatic carbocycles. The fourth-order valence-electron chi connectivity index (χ4n) is 1.36. The molecule has 0 aromatic carbocycles. The molecule has 0 spiro atoms. The van der Waals surface area contributed by atoms with Gasteiger partial charge in [0, 0.05) is 0 Å². The van der Waals surface area contributed by atoms with Crippen LogP contribution in [0, 0.1) is 16.0 Å². The number of nitrogens with zero attached hydrogens (tertiary/aromatic N) is 3. The number of aliphatic hydroxyl groups is 1. The average Bonchev–Trinajstić information content (AvgIpc) is 2.34. The monoisotopic (exact) mass is 256 g/mol. The summed E-state index contributed by atoms with van der Waals surface area (Å²) in [6.07, 6.45) is 1.15. The van der Waals surface area contributed by atoms with Crippen LogP contribution in [0.5, 0.6) is 0 Å². The van der Waals surface area contributed by atoms with E-state index in [4.69, 9.17) is 5.84 Å². The first-order chi connectivity index (χ1) is 8.51. The Kier molecular flexibility index (Phi) is 4.75. The third-order valence-corrected chi connectivity index (χ3v) is 2.47. The number of nitro groups is 1. The topological polar surface area (TPSA) is 139 Å². The Morgan fingerprint density at radius 3 is 2.56 bits per heavy atom. The SMILES string of the molecule is CC(C)[C@@H](CO)Nc1ncnc(NN)c1[N+](=O)[O-]. The summed E-state index contributed by atoms with van der Waals surface area (Å²) in [5.41, 5.74) is 1.79. The van der Waals surface area contributed by atoms with Crippen LogP contribution in [0.1, 0.15) is 13.8 Å². The summed E-state index contributed by atoms with van der Waals surface area (Å²) in [6.45, 7) is 3.59. The summed E-state index contributed by atoms with van der Waals surface area (Å²) in [7, 11) is 0. The number of hydrazine groups is 1. The van der Waals surface area contributed by atoms with E-state index in [0.717, 1.165) is 6.33 Å². The van der Waals surface area contributed by atoms with Crippen molar-refractivity contribution in [3.63, 3.8) is 0 Å². The molecule has 1 aromatic heterocycles. The molecule has 100 valence electrons. The summed E-state index contributed by atoms with van der Waals surface area (Å²) in [4.78, 5) is 17.8. The minimum Gasteiger partial charge on any atom is -0.394 e. The summed E-state index contributed by atoms with van der Waals surface area (Å²) in [5.74, 6) is 5.18. The van der Waals surface area contributed by atoms with Crippen molar-refractivity contribution in [2.75, 3.05) is 17.3 Å². The van der Waals surface area contributed by atoms with E-state index in [1.165, 1.54) is 0 Å². The normalized spacial score (nSPS) is 12.3. The zero-order valence-electron chi connectivity index (χ0n) is 10.1. The number of hydrogen-bond acceptors (Lipinski definition) is 8. The standard InChI is InChI=1S/C9H16N6O3/c1-5(2)6(3-16)13-8-7(15(17)18)9(14-10)12-4-11-8/h4-6,16H,3,10H2,1-2H3,(H2,11,12,13,14)/t6-/m1/s1. The van der Waals surface area contributed by atoms with Gasteiger partial charge < -0.3 is 15.8 Å². The lowest BCUT2D eigenvalue weighted by Crippen LogP contribution is -2.30. The molecule has 0 bridgehead atoms. The molecule has 0 aliphatic heterocycles. The maximum atomic E-state index is 11.0. The molecule has 5 N–H and O–H groups in total. The first-order valence-electron chi connectivity index (χ1n) is 5.34. The van der Waals surface area contributed by atoms with Crippen LogP contribution in [0.3, 0.4) is 0 Å². The second kappa shape index (κ2) is 6.07. The number of nitrogens with one attached hydrogen (secondary N) is 2. The molecule has 9 nitrogen and oxygen atoms in total. The molecule has 0 unspecified atom stereocenters. The smallest absolute Gasteiger partial charge is 0.354 e. The Morgan fingerprint density at radius 2 is 2.11 bits per heavy atom. The van der Waals surface area contributed by atoms with Gasteiger partial charge in [0.25, 0.3) is 0 Å². The highest BCUT2D eigenvalue weighted by Crippen LogP contribution is 2.29. The lowest BCUT2D eigenvalue weighted by Gasteiger charge is -2.20. The quantitative estimate of drug-likeness (QED) is 0.319. The molecule has 0 amide bonds. The zero-order valence-corrected chi connectivity index (χ0v) is 10.1. The number of aliphatic hydroxyl groups excluding tert-OH is 1. The van der Waals surface area contributed by atoms with Crippen LogP contribution in [0.4, 0.5) is 17.3 Å². The van der Waals surface area contributed by atoms with E-state index in [1.54, 1.807) is 0 Å². The second-order valence-corrected chi connectivity index (χ2v) is 4.00. The van der Waals surface area contributed by atoms with E-state index in [9.17, 15) is 15.2 Å². The fourth-order valence-corrected chi connectivity index (χ4v) is 1.36. The van der Waals surface area contributed by atoms with Crippen molar-refractivity contribution in [2.24, 2.45) is 11.8 Å². The van der Waals surface area contributed by atoms with Gasteiger partial charge in [-0.05, 0) is 5.92 Å². The van der Waals surface area contributed by atoms with Gasteiger partial charge in [0.15, 0.2) is 0 Å². The predicted molar refractivity (Wildman–Crippen MR) is 65.8 cm³/mol. The van der Waals surface area contributed by atoms with Crippen LogP contribution >= 0.6 is 0 Å². The van der Waals surface area contributed by atoms with Gasteiger partial charge in [0.2, 0.25) is 11.6 Å². The maximum absolute atomic E-state index is 11.0. The van der Waals surface area contributed by atoms with Crippen LogP contribution in [0.2, 0.25) is 0 Å². The number of nitrogens with two attached hydrogens (primary N) is 1. The van der Waals surface area contributed by atoms with Gasteiger partial charge in [-0.3, -0.25) is 10.1 Å². The number of aromatic nitrogens is 2. The minimum absolute atomic E-state index is 0.0238. The third kappa shape index (κ3) is 3.02. The number of anilines is 2. The van der Waals surface area contributed by atoms with Crippen LogP contribution in [-0.2, 0) is 0 Å². The molecule has 18 heavy (non-hydrogen) atoms. The van der Waals surface area contributed by atoms with Crippen molar-refractivity contribution < 1.29 is 10.0 Å². The highest BCUT2D eigenvalue weighted by atomic mass is 16.6. The lowest BCUT2D eigenvalue weighted by atomic mass is 10.1. The predicted octanol–water partition coefficient (Wildman–Crippen LogP) is 0.0992. The van der Waals surface area contributed by atoms with Crippen LogP contribution < -0.4 is 16.6 Å². The highest BCUT2D eigenvalue weighted by Gasteiger charge is 2.25. The van der Waals surface area contributed by atoms with Crippen molar-refractivity contribution in [1.82, 2.24) is 9.97 Å². The third-order valence-electron chi connectivity index (χ3n) is 2.47. The Bertz CT molecular complexity index is 425. The fraction of sp³-hybridized carbons (Fsp3) is 0.556. The van der Waals surface area contributed by atoms with E-state index in [0.29, 0.717) is 0 Å². The highest BCUT2D eigenvalue weighted by molar-refractivity contribution is 5.69. The van der Waals surface area contributed by atoms with Crippen molar-refractivity contribution in [3.8, 4) is 0 Å². The summed E-state index contributed by atoms with van der Waals surface area (Å²) in [6, 6.07) is -0.343. The van der Waals surface area contributed by atoms with Crippen LogP contribution in [-0.4, -0.2) is 32.6 Å². The second-order valence-electron chi connectivity index (χ2n) is 4.00. The first kappa shape index (κ1) is 14.1. The zero-order chi connectivity index (χ0) is 13.7. The van der Waals surface area contributed by atoms with Crippen LogP contribution in [0.25, 0.3) is 0 Å². The Balaban J connectivity index is 3.12. The molecule has 0 fully saturated rings. The molecule has 9 heteroatoms. The molecule has 1 atom stereocenters. The Morgan fingerprint density at radius 1 is 1.50 bits per heavy atom.